The lowest BCUT2D eigenvalue weighted by Crippen LogP contribution is -2.24. The molecule has 0 fully saturated rings. The lowest BCUT2D eigenvalue weighted by atomic mass is 10.2. The van der Waals surface area contributed by atoms with Crippen LogP contribution < -0.4 is 10.6 Å². The van der Waals surface area contributed by atoms with Crippen molar-refractivity contribution < 1.29 is 0 Å². The Balaban J connectivity index is 2.44. The van der Waals surface area contributed by atoms with Crippen molar-refractivity contribution in [2.24, 2.45) is 11.7 Å². The van der Waals surface area contributed by atoms with Crippen LogP contribution in [0, 0.1) is 5.92 Å². The third-order valence-electron chi connectivity index (χ3n) is 2.99. The van der Waals surface area contributed by atoms with Crippen molar-refractivity contribution in [1.82, 2.24) is 9.38 Å². The van der Waals surface area contributed by atoms with E-state index in [2.05, 4.69) is 36.4 Å². The van der Waals surface area contributed by atoms with Crippen LogP contribution in [0.2, 0.25) is 0 Å². The SMILES string of the molecule is CC(C)CN(C)c1nc2ccccn2c1CCN. The van der Waals surface area contributed by atoms with Gasteiger partial charge in [-0.1, -0.05) is 19.9 Å². The fraction of sp³-hybridized carbons (Fsp3) is 0.500. The number of imidazole rings is 1. The summed E-state index contributed by atoms with van der Waals surface area (Å²) in [5.74, 6) is 1.67. The molecule has 0 atom stereocenters. The molecule has 0 saturated heterocycles. The zero-order valence-electron chi connectivity index (χ0n) is 11.4. The van der Waals surface area contributed by atoms with Gasteiger partial charge in [-0.3, -0.25) is 0 Å². The Hall–Kier alpha value is -1.55. The lowest BCUT2D eigenvalue weighted by molar-refractivity contribution is 0.633. The first-order valence-corrected chi connectivity index (χ1v) is 6.50. The van der Waals surface area contributed by atoms with E-state index in [1.54, 1.807) is 0 Å². The van der Waals surface area contributed by atoms with Gasteiger partial charge in [0.1, 0.15) is 5.65 Å². The van der Waals surface area contributed by atoms with E-state index in [9.17, 15) is 0 Å². The Labute approximate surface area is 108 Å². The highest BCUT2D eigenvalue weighted by Crippen LogP contribution is 2.21. The summed E-state index contributed by atoms with van der Waals surface area (Å²) in [5, 5.41) is 0. The molecule has 0 aliphatic carbocycles. The molecular weight excluding hydrogens is 224 g/mol. The van der Waals surface area contributed by atoms with Gasteiger partial charge in [-0.25, -0.2) is 4.98 Å². The molecule has 2 heterocycles. The number of nitrogens with two attached hydrogens (primary N) is 1. The summed E-state index contributed by atoms with van der Waals surface area (Å²) in [4.78, 5) is 6.94. The summed E-state index contributed by atoms with van der Waals surface area (Å²) >= 11 is 0. The number of pyridine rings is 1. The van der Waals surface area contributed by atoms with E-state index in [1.165, 1.54) is 5.69 Å². The molecule has 98 valence electrons. The van der Waals surface area contributed by atoms with Crippen LogP contribution in [0.1, 0.15) is 19.5 Å². The molecule has 0 saturated carbocycles. The average molecular weight is 246 g/mol. The average Bonchev–Trinajstić information content (AvgIpc) is 2.68. The van der Waals surface area contributed by atoms with Crippen LogP contribution in [0.4, 0.5) is 5.82 Å². The smallest absolute Gasteiger partial charge is 0.150 e. The predicted molar refractivity (Wildman–Crippen MR) is 76.1 cm³/mol. The number of aromatic nitrogens is 2. The van der Waals surface area contributed by atoms with Crippen molar-refractivity contribution in [2.75, 3.05) is 25.0 Å². The Morgan fingerprint density at radius 1 is 1.39 bits per heavy atom. The molecule has 2 aromatic heterocycles. The number of anilines is 1. The maximum Gasteiger partial charge on any atom is 0.150 e. The van der Waals surface area contributed by atoms with Crippen molar-refractivity contribution in [2.45, 2.75) is 20.3 Å². The molecule has 2 rings (SSSR count). The van der Waals surface area contributed by atoms with Gasteiger partial charge < -0.3 is 15.0 Å². The van der Waals surface area contributed by atoms with Crippen LogP contribution >= 0.6 is 0 Å². The predicted octanol–water partition coefficient (Wildman–Crippen LogP) is 1.93. The summed E-state index contributed by atoms with van der Waals surface area (Å²) in [6.07, 6.45) is 2.91. The number of nitrogens with zero attached hydrogens (tertiary/aromatic N) is 3. The van der Waals surface area contributed by atoms with Gasteiger partial charge in [-0.15, -0.1) is 0 Å². The number of hydrogen-bond acceptors (Lipinski definition) is 3. The highest BCUT2D eigenvalue weighted by Gasteiger charge is 2.15. The van der Waals surface area contributed by atoms with Crippen LogP contribution in [-0.2, 0) is 6.42 Å². The van der Waals surface area contributed by atoms with Gasteiger partial charge in [0, 0.05) is 26.2 Å². The molecule has 0 amide bonds. The van der Waals surface area contributed by atoms with Crippen molar-refractivity contribution in [3.05, 3.63) is 30.1 Å². The topological polar surface area (TPSA) is 46.6 Å². The number of fused-ring (bicyclic) bond motifs is 1. The molecule has 2 N–H and O–H groups in total. The molecular formula is C14H22N4. The largest absolute Gasteiger partial charge is 0.358 e. The molecule has 0 spiro atoms. The van der Waals surface area contributed by atoms with E-state index < -0.39 is 0 Å². The van der Waals surface area contributed by atoms with Gasteiger partial charge in [0.25, 0.3) is 0 Å². The number of rotatable bonds is 5. The highest BCUT2D eigenvalue weighted by atomic mass is 15.2. The van der Waals surface area contributed by atoms with Crippen molar-refractivity contribution in [3.8, 4) is 0 Å². The van der Waals surface area contributed by atoms with Crippen molar-refractivity contribution in [1.29, 1.82) is 0 Å². The fourth-order valence-corrected chi connectivity index (χ4v) is 2.34. The maximum atomic E-state index is 5.72. The number of hydrogen-bond donors (Lipinski definition) is 1. The third kappa shape index (κ3) is 2.48. The minimum Gasteiger partial charge on any atom is -0.358 e. The minimum absolute atomic E-state index is 0.616. The summed E-state index contributed by atoms with van der Waals surface area (Å²) in [7, 11) is 2.10. The molecule has 0 unspecified atom stereocenters. The fourth-order valence-electron chi connectivity index (χ4n) is 2.34. The van der Waals surface area contributed by atoms with Crippen LogP contribution in [0.15, 0.2) is 24.4 Å². The zero-order chi connectivity index (χ0) is 13.1. The second-order valence-corrected chi connectivity index (χ2v) is 5.12. The standard InChI is InChI=1S/C14H22N4/c1-11(2)10-17(3)14-12(7-8-15)18-9-5-4-6-13(18)16-14/h4-6,9,11H,7-8,10,15H2,1-3H3. The highest BCUT2D eigenvalue weighted by molar-refractivity contribution is 5.55. The molecule has 0 aromatic carbocycles. The summed E-state index contributed by atoms with van der Waals surface area (Å²) in [5.41, 5.74) is 7.92. The molecule has 2 aromatic rings. The van der Waals surface area contributed by atoms with Crippen molar-refractivity contribution in [3.63, 3.8) is 0 Å². The zero-order valence-corrected chi connectivity index (χ0v) is 11.4. The third-order valence-corrected chi connectivity index (χ3v) is 2.99. The van der Waals surface area contributed by atoms with Crippen molar-refractivity contribution >= 4 is 11.5 Å². The molecule has 0 aliphatic rings. The molecule has 0 aliphatic heterocycles. The van der Waals surface area contributed by atoms with Gasteiger partial charge in [0.2, 0.25) is 0 Å². The second-order valence-electron chi connectivity index (χ2n) is 5.12. The normalized spacial score (nSPS) is 11.4. The lowest BCUT2D eigenvalue weighted by Gasteiger charge is -2.20. The van der Waals surface area contributed by atoms with Crippen LogP contribution in [-0.4, -0.2) is 29.5 Å². The van der Waals surface area contributed by atoms with Gasteiger partial charge in [0.05, 0.1) is 5.69 Å². The monoisotopic (exact) mass is 246 g/mol. The van der Waals surface area contributed by atoms with E-state index in [0.29, 0.717) is 12.5 Å². The van der Waals surface area contributed by atoms with E-state index in [1.807, 2.05) is 18.2 Å². The molecule has 4 heteroatoms. The maximum absolute atomic E-state index is 5.72. The van der Waals surface area contributed by atoms with E-state index in [4.69, 9.17) is 10.7 Å². The van der Waals surface area contributed by atoms with Gasteiger partial charge in [-0.2, -0.15) is 0 Å². The summed E-state index contributed by atoms with van der Waals surface area (Å²) in [6.45, 7) is 6.08. The summed E-state index contributed by atoms with van der Waals surface area (Å²) in [6, 6.07) is 6.08. The minimum atomic E-state index is 0.616. The van der Waals surface area contributed by atoms with E-state index in [0.717, 1.165) is 24.4 Å². The quantitative estimate of drug-likeness (QED) is 0.877. The van der Waals surface area contributed by atoms with E-state index >= 15 is 0 Å². The molecule has 0 bridgehead atoms. The van der Waals surface area contributed by atoms with Gasteiger partial charge >= 0.3 is 0 Å². The molecule has 4 nitrogen and oxygen atoms in total. The Morgan fingerprint density at radius 2 is 2.17 bits per heavy atom. The summed E-state index contributed by atoms with van der Waals surface area (Å²) < 4.78 is 2.14. The first-order chi connectivity index (χ1) is 8.63. The Morgan fingerprint density at radius 3 is 2.83 bits per heavy atom. The van der Waals surface area contributed by atoms with Crippen LogP contribution in [0.25, 0.3) is 5.65 Å². The van der Waals surface area contributed by atoms with Gasteiger partial charge in [-0.05, 0) is 24.6 Å². The first kappa shape index (κ1) is 12.9. The van der Waals surface area contributed by atoms with Gasteiger partial charge in [0.15, 0.2) is 5.82 Å². The first-order valence-electron chi connectivity index (χ1n) is 6.50. The van der Waals surface area contributed by atoms with E-state index in [-0.39, 0.29) is 0 Å². The molecule has 18 heavy (non-hydrogen) atoms. The Kier molecular flexibility index (Phi) is 3.87. The Bertz CT molecular complexity index is 515. The van der Waals surface area contributed by atoms with Crippen LogP contribution in [0.5, 0.6) is 0 Å². The van der Waals surface area contributed by atoms with Crippen LogP contribution in [0.3, 0.4) is 0 Å². The second kappa shape index (κ2) is 5.40. The molecule has 0 radical (unpaired) electrons.